The Morgan fingerprint density at radius 2 is 2.08 bits per heavy atom. The molecule has 1 aliphatic heterocycles. The normalized spacial score (nSPS) is 20.2. The number of rotatable bonds is 5. The van der Waals surface area contributed by atoms with Crippen LogP contribution in [0.5, 0.6) is 0 Å². The van der Waals surface area contributed by atoms with Gasteiger partial charge >= 0.3 is 0 Å². The van der Waals surface area contributed by atoms with E-state index < -0.39 is 23.8 Å². The first-order chi connectivity index (χ1) is 11.9. The number of halogens is 2. The van der Waals surface area contributed by atoms with Crippen molar-refractivity contribution in [2.45, 2.75) is 44.8 Å². The minimum Gasteiger partial charge on any atom is -0.391 e. The highest BCUT2D eigenvalue weighted by atomic mass is 32.1. The number of aliphatic hydroxyl groups is 1. The molecule has 2 atom stereocenters. The summed E-state index contributed by atoms with van der Waals surface area (Å²) in [6, 6.07) is 7.41. The summed E-state index contributed by atoms with van der Waals surface area (Å²) in [4.78, 5) is 16.7. The fourth-order valence-electron chi connectivity index (χ4n) is 3.30. The fourth-order valence-corrected chi connectivity index (χ4v) is 4.23. The molecule has 2 heterocycles. The Hall–Kier alpha value is -1.79. The molecule has 3 rings (SSSR count). The van der Waals surface area contributed by atoms with Gasteiger partial charge in [0.1, 0.15) is 0 Å². The number of benzene rings is 1. The van der Waals surface area contributed by atoms with Crippen LogP contribution in [0.4, 0.5) is 8.78 Å². The van der Waals surface area contributed by atoms with Crippen LogP contribution in [0.25, 0.3) is 0 Å². The molecule has 3 nitrogen and oxygen atoms in total. The standard InChI is InChI=1S/C19H21F2NO2S/c1-12-5-7-15(25-12)3-2-4-19(24)22-11-14(23)10-18(22)13-6-8-16(20)17(21)9-13/h5-9,14,18,23H,2-4,10-11H2,1H3/t14-,18+/m1/s1. The number of aryl methyl sites for hydroxylation is 2. The number of hydrogen-bond donors (Lipinski definition) is 1. The molecular formula is C19H21F2NO2S. The second kappa shape index (κ2) is 7.62. The highest BCUT2D eigenvalue weighted by molar-refractivity contribution is 7.11. The molecule has 0 spiro atoms. The third kappa shape index (κ3) is 4.25. The average Bonchev–Trinajstić information content (AvgIpc) is 3.16. The molecule has 0 aliphatic carbocycles. The quantitative estimate of drug-likeness (QED) is 0.870. The van der Waals surface area contributed by atoms with Crippen LogP contribution in [0.15, 0.2) is 30.3 Å². The molecule has 134 valence electrons. The van der Waals surface area contributed by atoms with E-state index in [4.69, 9.17) is 0 Å². The van der Waals surface area contributed by atoms with Crippen molar-refractivity contribution >= 4 is 17.2 Å². The van der Waals surface area contributed by atoms with E-state index in [-0.39, 0.29) is 12.5 Å². The van der Waals surface area contributed by atoms with Gasteiger partial charge in [0, 0.05) is 22.7 Å². The van der Waals surface area contributed by atoms with E-state index in [1.165, 1.54) is 15.8 Å². The van der Waals surface area contributed by atoms with Gasteiger partial charge < -0.3 is 10.0 Å². The molecule has 1 aromatic carbocycles. The van der Waals surface area contributed by atoms with Gasteiger partial charge in [0.2, 0.25) is 5.91 Å². The highest BCUT2D eigenvalue weighted by Crippen LogP contribution is 2.33. The van der Waals surface area contributed by atoms with Crippen LogP contribution in [0.3, 0.4) is 0 Å². The predicted octanol–water partition coefficient (Wildman–Crippen LogP) is 3.99. The summed E-state index contributed by atoms with van der Waals surface area (Å²) in [7, 11) is 0. The SMILES string of the molecule is Cc1ccc(CCCC(=O)N2C[C@H](O)C[C@H]2c2ccc(F)c(F)c2)s1. The Labute approximate surface area is 149 Å². The van der Waals surface area contributed by atoms with E-state index in [1.807, 2.05) is 0 Å². The zero-order valence-electron chi connectivity index (χ0n) is 14.0. The van der Waals surface area contributed by atoms with Crippen molar-refractivity contribution in [1.29, 1.82) is 0 Å². The van der Waals surface area contributed by atoms with E-state index in [9.17, 15) is 18.7 Å². The molecular weight excluding hydrogens is 344 g/mol. The number of carbonyl (C=O) groups excluding carboxylic acids is 1. The maximum atomic E-state index is 13.5. The van der Waals surface area contributed by atoms with Gasteiger partial charge in [-0.2, -0.15) is 0 Å². The Balaban J connectivity index is 1.64. The molecule has 0 saturated carbocycles. The monoisotopic (exact) mass is 365 g/mol. The number of hydrogen-bond acceptors (Lipinski definition) is 3. The van der Waals surface area contributed by atoms with Crippen molar-refractivity contribution in [2.24, 2.45) is 0 Å². The molecule has 0 unspecified atom stereocenters. The summed E-state index contributed by atoms with van der Waals surface area (Å²) in [6.07, 6.45) is 1.67. The van der Waals surface area contributed by atoms with Gasteiger partial charge in [-0.3, -0.25) is 4.79 Å². The summed E-state index contributed by atoms with van der Waals surface area (Å²) in [6.45, 7) is 2.29. The largest absolute Gasteiger partial charge is 0.391 e. The molecule has 1 saturated heterocycles. The maximum Gasteiger partial charge on any atom is 0.223 e. The van der Waals surface area contributed by atoms with Gasteiger partial charge in [-0.05, 0) is 56.0 Å². The molecule has 6 heteroatoms. The fraction of sp³-hybridized carbons (Fsp3) is 0.421. The Morgan fingerprint density at radius 1 is 1.28 bits per heavy atom. The van der Waals surface area contributed by atoms with Gasteiger partial charge in [-0.1, -0.05) is 6.07 Å². The van der Waals surface area contributed by atoms with Crippen molar-refractivity contribution in [1.82, 2.24) is 4.90 Å². The summed E-state index contributed by atoms with van der Waals surface area (Å²) in [5.74, 6) is -1.90. The Bertz CT molecular complexity index is 762. The number of thiophene rings is 1. The first-order valence-corrected chi connectivity index (χ1v) is 9.23. The van der Waals surface area contributed by atoms with Crippen LogP contribution in [0.1, 0.15) is 40.6 Å². The first kappa shape index (κ1) is 18.0. The summed E-state index contributed by atoms with van der Waals surface area (Å²) in [5.41, 5.74) is 0.526. The predicted molar refractivity (Wildman–Crippen MR) is 93.4 cm³/mol. The number of amides is 1. The van der Waals surface area contributed by atoms with Crippen LogP contribution in [-0.2, 0) is 11.2 Å². The molecule has 1 amide bonds. The molecule has 2 aromatic rings. The van der Waals surface area contributed by atoms with E-state index >= 15 is 0 Å². The molecule has 0 radical (unpaired) electrons. The topological polar surface area (TPSA) is 40.5 Å². The zero-order valence-corrected chi connectivity index (χ0v) is 14.9. The third-order valence-corrected chi connectivity index (χ3v) is 5.60. The van der Waals surface area contributed by atoms with Crippen molar-refractivity contribution < 1.29 is 18.7 Å². The van der Waals surface area contributed by atoms with E-state index in [1.54, 1.807) is 16.2 Å². The average molecular weight is 365 g/mol. The lowest BCUT2D eigenvalue weighted by Crippen LogP contribution is -2.31. The van der Waals surface area contributed by atoms with Crippen molar-refractivity contribution in [3.63, 3.8) is 0 Å². The van der Waals surface area contributed by atoms with Gasteiger partial charge in [-0.15, -0.1) is 11.3 Å². The minimum absolute atomic E-state index is 0.0560. The lowest BCUT2D eigenvalue weighted by molar-refractivity contribution is -0.132. The Morgan fingerprint density at radius 3 is 2.76 bits per heavy atom. The van der Waals surface area contributed by atoms with E-state index in [0.717, 1.165) is 25.0 Å². The summed E-state index contributed by atoms with van der Waals surface area (Å²) >= 11 is 1.73. The number of aliphatic hydroxyl groups excluding tert-OH is 1. The smallest absolute Gasteiger partial charge is 0.223 e. The molecule has 0 bridgehead atoms. The van der Waals surface area contributed by atoms with Crippen molar-refractivity contribution in [2.75, 3.05) is 6.54 Å². The van der Waals surface area contributed by atoms with Gasteiger partial charge in [0.25, 0.3) is 0 Å². The van der Waals surface area contributed by atoms with Crippen LogP contribution in [0, 0.1) is 18.6 Å². The maximum absolute atomic E-state index is 13.5. The zero-order chi connectivity index (χ0) is 18.0. The van der Waals surface area contributed by atoms with Crippen LogP contribution >= 0.6 is 11.3 Å². The van der Waals surface area contributed by atoms with Crippen LogP contribution < -0.4 is 0 Å². The summed E-state index contributed by atoms with van der Waals surface area (Å²) in [5, 5.41) is 9.95. The van der Waals surface area contributed by atoms with Crippen LogP contribution in [-0.4, -0.2) is 28.6 Å². The summed E-state index contributed by atoms with van der Waals surface area (Å²) < 4.78 is 26.7. The molecule has 1 aromatic heterocycles. The lowest BCUT2D eigenvalue weighted by atomic mass is 10.0. The first-order valence-electron chi connectivity index (χ1n) is 8.42. The van der Waals surface area contributed by atoms with Crippen LogP contribution in [0.2, 0.25) is 0 Å². The number of likely N-dealkylation sites (tertiary alicyclic amines) is 1. The highest BCUT2D eigenvalue weighted by Gasteiger charge is 2.35. The number of β-amino-alcohol motifs (C(OH)–C–C–N with tert-alkyl or cyclic N) is 1. The number of carbonyl (C=O) groups is 1. The second-order valence-corrected chi connectivity index (χ2v) is 7.86. The van der Waals surface area contributed by atoms with Crippen molar-refractivity contribution in [3.05, 3.63) is 57.3 Å². The van der Waals surface area contributed by atoms with E-state index in [2.05, 4.69) is 19.1 Å². The lowest BCUT2D eigenvalue weighted by Gasteiger charge is -2.25. The minimum atomic E-state index is -0.931. The van der Waals surface area contributed by atoms with Crippen molar-refractivity contribution in [3.8, 4) is 0 Å². The number of nitrogens with zero attached hydrogens (tertiary/aromatic N) is 1. The molecule has 1 N–H and O–H groups in total. The van der Waals surface area contributed by atoms with E-state index in [0.29, 0.717) is 18.4 Å². The van der Waals surface area contributed by atoms with Gasteiger partial charge in [0.05, 0.1) is 12.1 Å². The Kier molecular flexibility index (Phi) is 5.49. The molecule has 1 fully saturated rings. The van der Waals surface area contributed by atoms with Gasteiger partial charge in [-0.25, -0.2) is 8.78 Å². The molecule has 25 heavy (non-hydrogen) atoms. The third-order valence-electron chi connectivity index (χ3n) is 4.54. The molecule has 1 aliphatic rings. The second-order valence-electron chi connectivity index (χ2n) is 6.49. The van der Waals surface area contributed by atoms with Gasteiger partial charge in [0.15, 0.2) is 11.6 Å².